The Morgan fingerprint density at radius 2 is 2.00 bits per heavy atom. The Balaban J connectivity index is 2.23. The Hall–Kier alpha value is -0.570. The third kappa shape index (κ3) is 4.12. The van der Waals surface area contributed by atoms with Crippen LogP contribution in [-0.2, 0) is 9.53 Å². The highest BCUT2D eigenvalue weighted by atomic mass is 16.5. The molecule has 2 N–H and O–H groups in total. The largest absolute Gasteiger partial charge is 0.464 e. The van der Waals surface area contributed by atoms with Gasteiger partial charge in [-0.05, 0) is 24.7 Å². The first-order chi connectivity index (χ1) is 7.65. The lowest BCUT2D eigenvalue weighted by atomic mass is 9.90. The van der Waals surface area contributed by atoms with Crippen molar-refractivity contribution in [3.63, 3.8) is 0 Å². The summed E-state index contributed by atoms with van der Waals surface area (Å²) in [5.41, 5.74) is 5.81. The van der Waals surface area contributed by atoms with Crippen LogP contribution >= 0.6 is 0 Å². The smallest absolute Gasteiger partial charge is 0.323 e. The average molecular weight is 227 g/mol. The number of hydrogen-bond donors (Lipinski definition) is 1. The molecule has 0 aromatic rings. The minimum Gasteiger partial charge on any atom is -0.464 e. The summed E-state index contributed by atoms with van der Waals surface area (Å²) in [5.74, 6) is 0.556. The van der Waals surface area contributed by atoms with Gasteiger partial charge in [0.05, 0.1) is 6.61 Å². The summed E-state index contributed by atoms with van der Waals surface area (Å²) in [5, 5.41) is 0. The van der Waals surface area contributed by atoms with Crippen LogP contribution in [0.4, 0.5) is 0 Å². The molecule has 3 heteroatoms. The Morgan fingerprint density at radius 1 is 1.38 bits per heavy atom. The van der Waals surface area contributed by atoms with Crippen LogP contribution in [0.5, 0.6) is 0 Å². The number of esters is 1. The fraction of sp³-hybridized carbons (Fsp3) is 0.923. The first-order valence-electron chi connectivity index (χ1n) is 6.57. The zero-order valence-corrected chi connectivity index (χ0v) is 10.6. The van der Waals surface area contributed by atoms with Gasteiger partial charge in [-0.25, -0.2) is 0 Å². The van der Waals surface area contributed by atoms with Gasteiger partial charge in [-0.15, -0.1) is 0 Å². The number of ether oxygens (including phenoxy) is 1. The van der Waals surface area contributed by atoms with Crippen LogP contribution in [0, 0.1) is 11.8 Å². The lowest BCUT2D eigenvalue weighted by Crippen LogP contribution is -2.38. The van der Waals surface area contributed by atoms with E-state index < -0.39 is 6.04 Å². The van der Waals surface area contributed by atoms with E-state index in [0.29, 0.717) is 12.5 Å². The Morgan fingerprint density at radius 3 is 2.56 bits per heavy atom. The normalized spacial score (nSPS) is 21.4. The van der Waals surface area contributed by atoms with E-state index in [2.05, 4.69) is 0 Å². The van der Waals surface area contributed by atoms with E-state index >= 15 is 0 Å². The quantitative estimate of drug-likeness (QED) is 0.734. The summed E-state index contributed by atoms with van der Waals surface area (Å²) in [7, 11) is 0. The number of rotatable bonds is 5. The Bertz CT molecular complexity index is 212. The highest BCUT2D eigenvalue weighted by molar-refractivity contribution is 5.75. The molecule has 0 aromatic carbocycles. The second kappa shape index (κ2) is 6.89. The molecular weight excluding hydrogens is 202 g/mol. The summed E-state index contributed by atoms with van der Waals surface area (Å²) in [6.07, 6.45) is 7.20. The van der Waals surface area contributed by atoms with Crippen molar-refractivity contribution in [3.8, 4) is 0 Å². The molecule has 94 valence electrons. The molecule has 2 unspecified atom stereocenters. The first-order valence-corrected chi connectivity index (χ1v) is 6.57. The molecule has 0 saturated heterocycles. The van der Waals surface area contributed by atoms with Gasteiger partial charge in [0.15, 0.2) is 0 Å². The van der Waals surface area contributed by atoms with Crippen LogP contribution in [0.25, 0.3) is 0 Å². The third-order valence-corrected chi connectivity index (χ3v) is 3.72. The van der Waals surface area contributed by atoms with E-state index in [9.17, 15) is 4.79 Å². The molecule has 1 saturated carbocycles. The van der Waals surface area contributed by atoms with Crippen LogP contribution in [0.1, 0.15) is 52.4 Å². The molecule has 0 heterocycles. The fourth-order valence-corrected chi connectivity index (χ4v) is 2.14. The highest BCUT2D eigenvalue weighted by Crippen LogP contribution is 2.23. The number of carbonyl (C=O) groups excluding carboxylic acids is 1. The highest BCUT2D eigenvalue weighted by Gasteiger charge is 2.22. The molecule has 0 amide bonds. The van der Waals surface area contributed by atoms with Gasteiger partial charge in [0.25, 0.3) is 0 Å². The maximum atomic E-state index is 11.6. The molecular formula is C13H25NO2. The van der Waals surface area contributed by atoms with Crippen molar-refractivity contribution < 1.29 is 9.53 Å². The molecule has 3 nitrogen and oxygen atoms in total. The molecule has 1 aliphatic carbocycles. The molecule has 2 atom stereocenters. The van der Waals surface area contributed by atoms with Gasteiger partial charge in [0.2, 0.25) is 0 Å². The molecule has 0 aromatic heterocycles. The Kier molecular flexibility index (Phi) is 5.81. The second-order valence-electron chi connectivity index (χ2n) is 5.05. The standard InChI is InChI=1S/C13H25NO2/c1-3-10(2)12(14)13(15)16-9-11-7-5-4-6-8-11/h10-12H,3-9,14H2,1-2H3. The van der Waals surface area contributed by atoms with Gasteiger partial charge >= 0.3 is 5.97 Å². The third-order valence-electron chi connectivity index (χ3n) is 3.72. The molecule has 0 spiro atoms. The molecule has 0 radical (unpaired) electrons. The van der Waals surface area contributed by atoms with Crippen LogP contribution in [0.15, 0.2) is 0 Å². The maximum absolute atomic E-state index is 11.6. The Labute approximate surface area is 98.7 Å². The molecule has 16 heavy (non-hydrogen) atoms. The van der Waals surface area contributed by atoms with Crippen molar-refractivity contribution in [3.05, 3.63) is 0 Å². The summed E-state index contributed by atoms with van der Waals surface area (Å²) in [6, 6.07) is -0.450. The van der Waals surface area contributed by atoms with Crippen molar-refractivity contribution in [1.82, 2.24) is 0 Å². The number of carbonyl (C=O) groups is 1. The van der Waals surface area contributed by atoms with Crippen molar-refractivity contribution >= 4 is 5.97 Å². The summed E-state index contributed by atoms with van der Waals surface area (Å²) >= 11 is 0. The zero-order chi connectivity index (χ0) is 12.0. The summed E-state index contributed by atoms with van der Waals surface area (Å²) in [6.45, 7) is 4.61. The van der Waals surface area contributed by atoms with E-state index in [1.807, 2.05) is 13.8 Å². The van der Waals surface area contributed by atoms with E-state index in [1.165, 1.54) is 32.1 Å². The van der Waals surface area contributed by atoms with Crippen molar-refractivity contribution in [2.75, 3.05) is 6.61 Å². The monoisotopic (exact) mass is 227 g/mol. The first kappa shape index (κ1) is 13.5. The molecule has 0 aliphatic heterocycles. The molecule has 1 aliphatic rings. The second-order valence-corrected chi connectivity index (χ2v) is 5.05. The van der Waals surface area contributed by atoms with Crippen LogP contribution in [0.2, 0.25) is 0 Å². The van der Waals surface area contributed by atoms with Gasteiger partial charge in [0, 0.05) is 0 Å². The van der Waals surface area contributed by atoms with Crippen molar-refractivity contribution in [1.29, 1.82) is 0 Å². The zero-order valence-electron chi connectivity index (χ0n) is 10.6. The predicted molar refractivity (Wildman–Crippen MR) is 65.0 cm³/mol. The van der Waals surface area contributed by atoms with Gasteiger partial charge < -0.3 is 10.5 Å². The number of nitrogens with two attached hydrogens (primary N) is 1. The van der Waals surface area contributed by atoms with Crippen molar-refractivity contribution in [2.45, 2.75) is 58.4 Å². The maximum Gasteiger partial charge on any atom is 0.323 e. The fourth-order valence-electron chi connectivity index (χ4n) is 2.14. The lowest BCUT2D eigenvalue weighted by Gasteiger charge is -2.23. The predicted octanol–water partition coefficient (Wildman–Crippen LogP) is 2.48. The van der Waals surface area contributed by atoms with Crippen LogP contribution in [-0.4, -0.2) is 18.6 Å². The van der Waals surface area contributed by atoms with E-state index in [4.69, 9.17) is 10.5 Å². The van der Waals surface area contributed by atoms with Gasteiger partial charge in [-0.1, -0.05) is 39.5 Å². The number of hydrogen-bond acceptors (Lipinski definition) is 3. The topological polar surface area (TPSA) is 52.3 Å². The minimum atomic E-state index is -0.450. The van der Waals surface area contributed by atoms with E-state index in [0.717, 1.165) is 6.42 Å². The lowest BCUT2D eigenvalue weighted by molar-refractivity contribution is -0.148. The average Bonchev–Trinajstić information content (AvgIpc) is 2.35. The van der Waals surface area contributed by atoms with Crippen molar-refractivity contribution in [2.24, 2.45) is 17.6 Å². The SMILES string of the molecule is CCC(C)C(N)C(=O)OCC1CCCCC1. The molecule has 1 rings (SSSR count). The molecule has 0 bridgehead atoms. The van der Waals surface area contributed by atoms with Gasteiger partial charge in [0.1, 0.15) is 6.04 Å². The van der Waals surface area contributed by atoms with Crippen LogP contribution < -0.4 is 5.73 Å². The summed E-state index contributed by atoms with van der Waals surface area (Å²) in [4.78, 5) is 11.6. The van der Waals surface area contributed by atoms with E-state index in [-0.39, 0.29) is 11.9 Å². The summed E-state index contributed by atoms with van der Waals surface area (Å²) < 4.78 is 5.30. The van der Waals surface area contributed by atoms with E-state index in [1.54, 1.807) is 0 Å². The van der Waals surface area contributed by atoms with Gasteiger partial charge in [-0.3, -0.25) is 4.79 Å². The van der Waals surface area contributed by atoms with Gasteiger partial charge in [-0.2, -0.15) is 0 Å². The van der Waals surface area contributed by atoms with Crippen LogP contribution in [0.3, 0.4) is 0 Å². The minimum absolute atomic E-state index is 0.207. The molecule has 1 fully saturated rings.